The van der Waals surface area contributed by atoms with Gasteiger partial charge in [-0.1, -0.05) is 61.8 Å². The first-order chi connectivity index (χ1) is 15.3. The minimum Gasteiger partial charge on any atom is -0.321 e. The summed E-state index contributed by atoms with van der Waals surface area (Å²) in [6, 6.07) is 19.3. The van der Waals surface area contributed by atoms with Crippen LogP contribution in [0.25, 0.3) is 6.08 Å². The predicted octanol–water partition coefficient (Wildman–Crippen LogP) is 5.92. The van der Waals surface area contributed by atoms with Crippen molar-refractivity contribution in [2.75, 3.05) is 10.2 Å². The number of rotatable bonds is 5. The van der Waals surface area contributed by atoms with Gasteiger partial charge in [-0.2, -0.15) is 0 Å². The third kappa shape index (κ3) is 4.20. The first-order valence-corrected chi connectivity index (χ1v) is 10.6. The molecule has 3 amide bonds. The second-order valence-electron chi connectivity index (χ2n) is 7.80. The molecular formula is C26H21ClN2O3. The van der Waals surface area contributed by atoms with E-state index in [1.54, 1.807) is 42.5 Å². The van der Waals surface area contributed by atoms with Crippen molar-refractivity contribution >= 4 is 46.8 Å². The van der Waals surface area contributed by atoms with E-state index in [1.165, 1.54) is 17.7 Å². The van der Waals surface area contributed by atoms with Crippen LogP contribution in [0.15, 0.2) is 72.8 Å². The zero-order chi connectivity index (χ0) is 22.8. The van der Waals surface area contributed by atoms with Crippen molar-refractivity contribution in [3.05, 3.63) is 100 Å². The summed E-state index contributed by atoms with van der Waals surface area (Å²) < 4.78 is 0. The lowest BCUT2D eigenvalue weighted by Crippen LogP contribution is -2.29. The summed E-state index contributed by atoms with van der Waals surface area (Å²) >= 11 is 6.33. The average Bonchev–Trinajstić information content (AvgIpc) is 3.04. The molecule has 4 rings (SSSR count). The quantitative estimate of drug-likeness (QED) is 0.392. The molecule has 0 unspecified atom stereocenters. The second kappa shape index (κ2) is 8.81. The number of hydrogen-bond acceptors (Lipinski definition) is 3. The van der Waals surface area contributed by atoms with Crippen LogP contribution in [0.1, 0.15) is 51.6 Å². The maximum absolute atomic E-state index is 12.6. The van der Waals surface area contributed by atoms with Crippen LogP contribution in [-0.4, -0.2) is 17.7 Å². The highest BCUT2D eigenvalue weighted by molar-refractivity contribution is 6.36. The Labute approximate surface area is 191 Å². The van der Waals surface area contributed by atoms with Gasteiger partial charge in [0.2, 0.25) is 5.91 Å². The smallest absolute Gasteiger partial charge is 0.266 e. The van der Waals surface area contributed by atoms with Crippen molar-refractivity contribution in [1.82, 2.24) is 0 Å². The van der Waals surface area contributed by atoms with Crippen LogP contribution in [0.3, 0.4) is 0 Å². The van der Waals surface area contributed by atoms with E-state index in [0.29, 0.717) is 28.4 Å². The summed E-state index contributed by atoms with van der Waals surface area (Å²) in [6.07, 6.45) is 3.15. The number of amides is 3. The Hall–Kier alpha value is -3.70. The topological polar surface area (TPSA) is 66.5 Å². The van der Waals surface area contributed by atoms with Crippen molar-refractivity contribution in [3.8, 4) is 0 Å². The van der Waals surface area contributed by atoms with Gasteiger partial charge >= 0.3 is 0 Å². The predicted molar refractivity (Wildman–Crippen MR) is 127 cm³/mol. The number of hydrogen-bond donors (Lipinski definition) is 1. The van der Waals surface area contributed by atoms with Gasteiger partial charge in [0, 0.05) is 6.08 Å². The first kappa shape index (κ1) is 21.5. The zero-order valence-corrected chi connectivity index (χ0v) is 18.4. The standard InChI is InChI=1S/C26H21ClN2O3/c1-16(2)18-10-7-17(8-11-18)9-14-24(30)28-23-13-12-19(15-22(23)27)29-25(31)20-5-3-4-6-21(20)26(29)32/h3-16H,1-2H3,(H,28,30). The molecule has 0 spiro atoms. The van der Waals surface area contributed by atoms with Crippen LogP contribution in [0, 0.1) is 0 Å². The molecule has 3 aromatic rings. The van der Waals surface area contributed by atoms with Gasteiger partial charge in [0.25, 0.3) is 11.8 Å². The molecule has 0 fully saturated rings. The van der Waals surface area contributed by atoms with Crippen molar-refractivity contribution in [1.29, 1.82) is 0 Å². The second-order valence-corrected chi connectivity index (χ2v) is 8.21. The van der Waals surface area contributed by atoms with Crippen molar-refractivity contribution in [2.45, 2.75) is 19.8 Å². The molecule has 1 aliphatic heterocycles. The molecule has 0 atom stereocenters. The van der Waals surface area contributed by atoms with Gasteiger partial charge in [0.1, 0.15) is 0 Å². The fourth-order valence-corrected chi connectivity index (χ4v) is 3.73. The molecule has 5 nitrogen and oxygen atoms in total. The van der Waals surface area contributed by atoms with E-state index in [9.17, 15) is 14.4 Å². The number of carbonyl (C=O) groups is 3. The molecule has 6 heteroatoms. The minimum absolute atomic E-state index is 0.224. The SMILES string of the molecule is CC(C)c1ccc(C=CC(=O)Nc2ccc(N3C(=O)c4ccccc4C3=O)cc2Cl)cc1. The van der Waals surface area contributed by atoms with Crippen LogP contribution < -0.4 is 10.2 Å². The van der Waals surface area contributed by atoms with Gasteiger partial charge < -0.3 is 5.32 Å². The molecule has 0 aromatic heterocycles. The Bertz CT molecular complexity index is 1210. The van der Waals surface area contributed by atoms with E-state index in [0.717, 1.165) is 10.5 Å². The van der Waals surface area contributed by atoms with Gasteiger partial charge in [0.05, 0.1) is 27.5 Å². The Balaban J connectivity index is 1.46. The highest BCUT2D eigenvalue weighted by Crippen LogP contribution is 2.32. The molecule has 0 radical (unpaired) electrons. The molecule has 0 bridgehead atoms. The molecule has 3 aromatic carbocycles. The summed E-state index contributed by atoms with van der Waals surface area (Å²) in [5.74, 6) is -0.690. The van der Waals surface area contributed by atoms with E-state index in [4.69, 9.17) is 11.6 Å². The molecule has 32 heavy (non-hydrogen) atoms. The number of halogens is 1. The van der Waals surface area contributed by atoms with Crippen LogP contribution in [0.4, 0.5) is 11.4 Å². The van der Waals surface area contributed by atoms with E-state index in [2.05, 4.69) is 19.2 Å². The van der Waals surface area contributed by atoms with Crippen LogP contribution in [0.2, 0.25) is 5.02 Å². The molecule has 0 aliphatic carbocycles. The molecular weight excluding hydrogens is 424 g/mol. The van der Waals surface area contributed by atoms with Gasteiger partial charge in [-0.05, 0) is 53.5 Å². The highest BCUT2D eigenvalue weighted by Gasteiger charge is 2.36. The van der Waals surface area contributed by atoms with E-state index < -0.39 is 11.8 Å². The zero-order valence-electron chi connectivity index (χ0n) is 17.6. The van der Waals surface area contributed by atoms with E-state index in [1.807, 2.05) is 24.3 Å². The van der Waals surface area contributed by atoms with E-state index in [-0.39, 0.29) is 10.9 Å². The normalized spacial score (nSPS) is 13.2. The van der Waals surface area contributed by atoms with Gasteiger partial charge in [-0.15, -0.1) is 0 Å². The summed E-state index contributed by atoms with van der Waals surface area (Å²) in [5.41, 5.74) is 3.60. The van der Waals surface area contributed by atoms with Crippen LogP contribution >= 0.6 is 11.6 Å². The lowest BCUT2D eigenvalue weighted by atomic mass is 10.0. The third-order valence-electron chi connectivity index (χ3n) is 5.29. The molecule has 1 N–H and O–H groups in total. The third-order valence-corrected chi connectivity index (χ3v) is 5.61. The number of imide groups is 1. The Kier molecular flexibility index (Phi) is 5.93. The number of nitrogens with one attached hydrogen (secondary N) is 1. The number of nitrogens with zero attached hydrogens (tertiary/aromatic N) is 1. The molecule has 0 saturated carbocycles. The van der Waals surface area contributed by atoms with Gasteiger partial charge in [-0.25, -0.2) is 4.90 Å². The number of fused-ring (bicyclic) bond motifs is 1. The Morgan fingerprint density at radius 2 is 1.56 bits per heavy atom. The number of anilines is 2. The van der Waals surface area contributed by atoms with Crippen LogP contribution in [-0.2, 0) is 4.79 Å². The fourth-order valence-electron chi connectivity index (χ4n) is 3.51. The van der Waals surface area contributed by atoms with Crippen molar-refractivity contribution in [2.24, 2.45) is 0 Å². The van der Waals surface area contributed by atoms with Gasteiger partial charge in [0.15, 0.2) is 0 Å². The Morgan fingerprint density at radius 1 is 0.938 bits per heavy atom. The number of benzene rings is 3. The molecule has 1 heterocycles. The highest BCUT2D eigenvalue weighted by atomic mass is 35.5. The van der Waals surface area contributed by atoms with Gasteiger partial charge in [-0.3, -0.25) is 14.4 Å². The maximum Gasteiger partial charge on any atom is 0.266 e. The van der Waals surface area contributed by atoms with Crippen LogP contribution in [0.5, 0.6) is 0 Å². The number of carbonyl (C=O) groups excluding carboxylic acids is 3. The summed E-state index contributed by atoms with van der Waals surface area (Å²) in [4.78, 5) is 38.7. The summed E-state index contributed by atoms with van der Waals surface area (Å²) in [6.45, 7) is 4.25. The molecule has 1 aliphatic rings. The van der Waals surface area contributed by atoms with Crippen molar-refractivity contribution in [3.63, 3.8) is 0 Å². The monoisotopic (exact) mass is 444 g/mol. The fraction of sp³-hybridized carbons (Fsp3) is 0.115. The maximum atomic E-state index is 12.6. The molecule has 160 valence electrons. The molecule has 0 saturated heterocycles. The van der Waals surface area contributed by atoms with E-state index >= 15 is 0 Å². The first-order valence-electron chi connectivity index (χ1n) is 10.2. The average molecular weight is 445 g/mol. The summed E-state index contributed by atoms with van der Waals surface area (Å²) in [7, 11) is 0. The lowest BCUT2D eigenvalue weighted by Gasteiger charge is -2.15. The Morgan fingerprint density at radius 3 is 2.12 bits per heavy atom. The lowest BCUT2D eigenvalue weighted by molar-refractivity contribution is -0.111. The van der Waals surface area contributed by atoms with Crippen molar-refractivity contribution < 1.29 is 14.4 Å². The minimum atomic E-state index is -0.398. The largest absolute Gasteiger partial charge is 0.321 e. The summed E-state index contributed by atoms with van der Waals surface area (Å²) in [5, 5.41) is 2.95.